The number of thioether (sulfide) groups is 1. The first kappa shape index (κ1) is 19.9. The van der Waals surface area contributed by atoms with Gasteiger partial charge in [-0.2, -0.15) is 5.26 Å². The number of aromatic nitrogens is 1. The van der Waals surface area contributed by atoms with E-state index in [2.05, 4.69) is 28.3 Å². The molecule has 142 valence electrons. The second-order valence-corrected chi connectivity index (χ2v) is 8.47. The van der Waals surface area contributed by atoms with Crippen molar-refractivity contribution in [3.05, 3.63) is 51.5 Å². The van der Waals surface area contributed by atoms with Crippen molar-refractivity contribution in [3.63, 3.8) is 0 Å². The van der Waals surface area contributed by atoms with Crippen molar-refractivity contribution in [2.24, 2.45) is 0 Å². The van der Waals surface area contributed by atoms with Gasteiger partial charge in [0.25, 0.3) is 0 Å². The van der Waals surface area contributed by atoms with Gasteiger partial charge < -0.3 is 4.90 Å². The molecule has 1 aromatic heterocycles. The lowest BCUT2D eigenvalue weighted by Crippen LogP contribution is -2.48. The third-order valence-corrected chi connectivity index (χ3v) is 6.62. The van der Waals surface area contributed by atoms with E-state index in [1.54, 1.807) is 23.1 Å². The highest BCUT2D eigenvalue weighted by atomic mass is 32.2. The first-order valence-electron chi connectivity index (χ1n) is 9.18. The lowest BCUT2D eigenvalue weighted by atomic mass is 10.2. The molecule has 0 atom stereocenters. The zero-order valence-corrected chi connectivity index (χ0v) is 17.2. The number of piperazine rings is 1. The van der Waals surface area contributed by atoms with Crippen LogP contribution >= 0.6 is 23.1 Å². The highest BCUT2D eigenvalue weighted by molar-refractivity contribution is 7.99. The predicted octanol–water partition coefficient (Wildman–Crippen LogP) is 3.15. The summed E-state index contributed by atoms with van der Waals surface area (Å²) in [5, 5.41) is 12.2. The van der Waals surface area contributed by atoms with Gasteiger partial charge in [-0.3, -0.25) is 9.69 Å². The summed E-state index contributed by atoms with van der Waals surface area (Å²) in [4.78, 5) is 21.4. The van der Waals surface area contributed by atoms with Crippen molar-refractivity contribution in [2.75, 3.05) is 31.9 Å². The lowest BCUT2D eigenvalue weighted by Gasteiger charge is -2.34. The van der Waals surface area contributed by atoms with Gasteiger partial charge in [-0.25, -0.2) is 4.98 Å². The minimum Gasteiger partial charge on any atom is -0.339 e. The summed E-state index contributed by atoms with van der Waals surface area (Å²) in [5.41, 5.74) is 2.96. The molecule has 0 spiro atoms. The standard InChI is InChI=1S/C20H24N4OS2/c1-2-19-22-18(14-27-19)12-23-7-9-24(10-8-23)20(25)15-26-13-17-5-3-16(11-21)4-6-17/h3-6,14H,2,7-10,12-13,15H2,1H3. The van der Waals surface area contributed by atoms with E-state index in [-0.39, 0.29) is 5.91 Å². The fourth-order valence-corrected chi connectivity index (χ4v) is 4.61. The van der Waals surface area contributed by atoms with Crippen molar-refractivity contribution in [2.45, 2.75) is 25.6 Å². The number of nitriles is 1. The van der Waals surface area contributed by atoms with Crippen LogP contribution in [0.1, 0.15) is 28.8 Å². The number of hydrogen-bond donors (Lipinski definition) is 0. The van der Waals surface area contributed by atoms with E-state index in [9.17, 15) is 4.79 Å². The van der Waals surface area contributed by atoms with Crippen molar-refractivity contribution >= 4 is 29.0 Å². The molecule has 1 saturated heterocycles. The maximum atomic E-state index is 12.4. The molecule has 5 nitrogen and oxygen atoms in total. The molecule has 3 rings (SSSR count). The van der Waals surface area contributed by atoms with Crippen LogP contribution in [-0.2, 0) is 23.5 Å². The number of thiazole rings is 1. The van der Waals surface area contributed by atoms with Crippen LogP contribution in [0.5, 0.6) is 0 Å². The molecule has 2 aromatic rings. The lowest BCUT2D eigenvalue weighted by molar-refractivity contribution is -0.130. The van der Waals surface area contributed by atoms with Crippen LogP contribution in [0.4, 0.5) is 0 Å². The van der Waals surface area contributed by atoms with E-state index in [1.165, 1.54) is 5.01 Å². The fraction of sp³-hybridized carbons (Fsp3) is 0.450. The summed E-state index contributed by atoms with van der Waals surface area (Å²) in [6.45, 7) is 6.41. The van der Waals surface area contributed by atoms with Gasteiger partial charge >= 0.3 is 0 Å². The summed E-state index contributed by atoms with van der Waals surface area (Å²) < 4.78 is 0. The Balaban J connectivity index is 1.37. The smallest absolute Gasteiger partial charge is 0.232 e. The molecule has 1 aromatic carbocycles. The third kappa shape index (κ3) is 5.80. The fourth-order valence-electron chi connectivity index (χ4n) is 2.99. The molecule has 0 aliphatic carbocycles. The maximum absolute atomic E-state index is 12.4. The molecule has 0 bridgehead atoms. The summed E-state index contributed by atoms with van der Waals surface area (Å²) in [7, 11) is 0. The van der Waals surface area contributed by atoms with Crippen molar-refractivity contribution < 1.29 is 4.79 Å². The summed E-state index contributed by atoms with van der Waals surface area (Å²) >= 11 is 3.37. The van der Waals surface area contributed by atoms with Crippen LogP contribution in [0.3, 0.4) is 0 Å². The molecule has 7 heteroatoms. The molecule has 0 saturated carbocycles. The molecule has 0 radical (unpaired) electrons. The normalized spacial score (nSPS) is 14.9. The van der Waals surface area contributed by atoms with Gasteiger partial charge in [0.1, 0.15) is 0 Å². The van der Waals surface area contributed by atoms with Crippen LogP contribution in [0.15, 0.2) is 29.6 Å². The molecule has 0 N–H and O–H groups in total. The van der Waals surface area contributed by atoms with Crippen molar-refractivity contribution in [1.29, 1.82) is 5.26 Å². The topological polar surface area (TPSA) is 60.2 Å². The second-order valence-electron chi connectivity index (χ2n) is 6.54. The minimum atomic E-state index is 0.218. The number of amides is 1. The molecular formula is C20H24N4OS2. The molecule has 1 aliphatic rings. The zero-order valence-electron chi connectivity index (χ0n) is 15.6. The number of carbonyl (C=O) groups excluding carboxylic acids is 1. The number of carbonyl (C=O) groups is 1. The van der Waals surface area contributed by atoms with E-state index in [4.69, 9.17) is 5.26 Å². The quantitative estimate of drug-likeness (QED) is 0.714. The van der Waals surface area contributed by atoms with E-state index in [1.807, 2.05) is 29.2 Å². The monoisotopic (exact) mass is 400 g/mol. The Morgan fingerprint density at radius 3 is 2.63 bits per heavy atom. The zero-order chi connectivity index (χ0) is 19.1. The molecule has 27 heavy (non-hydrogen) atoms. The van der Waals surface area contributed by atoms with Gasteiger partial charge in [0.15, 0.2) is 0 Å². The summed E-state index contributed by atoms with van der Waals surface area (Å²) in [6, 6.07) is 9.67. The van der Waals surface area contributed by atoms with Gasteiger partial charge in [0.05, 0.1) is 28.1 Å². The maximum Gasteiger partial charge on any atom is 0.232 e. The number of aryl methyl sites for hydroxylation is 1. The van der Waals surface area contributed by atoms with Crippen LogP contribution in [0.25, 0.3) is 0 Å². The van der Waals surface area contributed by atoms with Crippen molar-refractivity contribution in [3.8, 4) is 6.07 Å². The molecule has 1 fully saturated rings. The van der Waals surface area contributed by atoms with Gasteiger partial charge in [0, 0.05) is 43.9 Å². The summed E-state index contributed by atoms with van der Waals surface area (Å²) in [5.74, 6) is 1.52. The van der Waals surface area contributed by atoms with Crippen LogP contribution < -0.4 is 0 Å². The van der Waals surface area contributed by atoms with E-state index < -0.39 is 0 Å². The van der Waals surface area contributed by atoms with Crippen LogP contribution in [0, 0.1) is 11.3 Å². The Bertz CT molecular complexity index is 789. The van der Waals surface area contributed by atoms with Gasteiger partial charge in [-0.05, 0) is 24.1 Å². The first-order valence-corrected chi connectivity index (χ1v) is 11.2. The van der Waals surface area contributed by atoms with Crippen molar-refractivity contribution in [1.82, 2.24) is 14.8 Å². The number of nitrogens with zero attached hydrogens (tertiary/aromatic N) is 4. The molecule has 1 aliphatic heterocycles. The SMILES string of the molecule is CCc1nc(CN2CCN(C(=O)CSCc3ccc(C#N)cc3)CC2)cs1. The van der Waals surface area contributed by atoms with E-state index >= 15 is 0 Å². The predicted molar refractivity (Wildman–Crippen MR) is 111 cm³/mol. The minimum absolute atomic E-state index is 0.218. The number of hydrogen-bond acceptors (Lipinski definition) is 6. The highest BCUT2D eigenvalue weighted by Gasteiger charge is 2.21. The van der Waals surface area contributed by atoms with E-state index in [0.717, 1.165) is 56.2 Å². The van der Waals surface area contributed by atoms with Gasteiger partial charge in [-0.15, -0.1) is 23.1 Å². The Morgan fingerprint density at radius 2 is 2.00 bits per heavy atom. The molecular weight excluding hydrogens is 376 g/mol. The third-order valence-electron chi connectivity index (χ3n) is 4.59. The molecule has 2 heterocycles. The number of benzene rings is 1. The first-order chi connectivity index (χ1) is 13.2. The Hall–Kier alpha value is -1.88. The Morgan fingerprint density at radius 1 is 1.26 bits per heavy atom. The van der Waals surface area contributed by atoms with Gasteiger partial charge in [0.2, 0.25) is 5.91 Å². The average molecular weight is 401 g/mol. The summed E-state index contributed by atoms with van der Waals surface area (Å²) in [6.07, 6.45) is 0.993. The largest absolute Gasteiger partial charge is 0.339 e. The molecule has 0 unspecified atom stereocenters. The van der Waals surface area contributed by atoms with Gasteiger partial charge in [-0.1, -0.05) is 19.1 Å². The average Bonchev–Trinajstić information content (AvgIpc) is 3.16. The molecule has 1 amide bonds. The highest BCUT2D eigenvalue weighted by Crippen LogP contribution is 2.16. The Kier molecular flexibility index (Phi) is 7.27. The Labute approximate surface area is 169 Å². The van der Waals surface area contributed by atoms with E-state index in [0.29, 0.717) is 11.3 Å². The van der Waals surface area contributed by atoms with Crippen LogP contribution in [-0.4, -0.2) is 52.6 Å². The van der Waals surface area contributed by atoms with Crippen LogP contribution in [0.2, 0.25) is 0 Å². The number of rotatable bonds is 7. The second kappa shape index (κ2) is 9.88.